The largest absolute Gasteiger partial charge is 0.497 e. The number of rotatable bonds is 8. The summed E-state index contributed by atoms with van der Waals surface area (Å²) >= 11 is 0. The minimum atomic E-state index is -0.660. The van der Waals surface area contributed by atoms with Gasteiger partial charge in [0, 0.05) is 30.2 Å². The molecule has 0 spiro atoms. The van der Waals surface area contributed by atoms with Gasteiger partial charge in [-0.05, 0) is 67.7 Å². The molecule has 0 bridgehead atoms. The molecule has 1 aliphatic heterocycles. The smallest absolute Gasteiger partial charge is 0.306 e. The van der Waals surface area contributed by atoms with Crippen LogP contribution in [0.5, 0.6) is 5.75 Å². The Kier molecular flexibility index (Phi) is 8.63. The number of carboxylic acid groups (broad SMARTS) is 1. The van der Waals surface area contributed by atoms with Gasteiger partial charge in [-0.3, -0.25) is 4.79 Å². The molecule has 0 radical (unpaired) electrons. The van der Waals surface area contributed by atoms with Crippen molar-refractivity contribution in [3.8, 4) is 16.9 Å². The number of likely N-dealkylation sites (tertiary alicyclic amines) is 1. The van der Waals surface area contributed by atoms with Crippen LogP contribution in [0.4, 0.5) is 11.6 Å². The Morgan fingerprint density at radius 3 is 2.24 bits per heavy atom. The Hall–Kier alpha value is -3.16. The molecule has 174 valence electrons. The number of halogens is 1. The summed E-state index contributed by atoms with van der Waals surface area (Å²) in [6, 6.07) is 16.1. The van der Waals surface area contributed by atoms with Crippen LogP contribution in [0, 0.1) is 5.92 Å². The third-order valence-electron chi connectivity index (χ3n) is 5.94. The Bertz CT molecular complexity index is 1020. The number of nitrogens with zero attached hydrogens (tertiary/aromatic N) is 3. The summed E-state index contributed by atoms with van der Waals surface area (Å²) in [5, 5.41) is 12.4. The number of carboxylic acids is 1. The molecule has 1 aliphatic rings. The zero-order chi connectivity index (χ0) is 22.3. The third-order valence-corrected chi connectivity index (χ3v) is 5.94. The van der Waals surface area contributed by atoms with Crippen molar-refractivity contribution in [3.05, 3.63) is 66.5 Å². The minimum absolute atomic E-state index is 0. The first-order valence-corrected chi connectivity index (χ1v) is 10.9. The van der Waals surface area contributed by atoms with Gasteiger partial charge in [0.05, 0.1) is 13.0 Å². The molecular formula is C25H29ClN4O3. The van der Waals surface area contributed by atoms with Crippen LogP contribution in [0.25, 0.3) is 11.1 Å². The molecule has 2 heterocycles. The standard InChI is InChI=1S/C25H28N4O3.ClH/c1-32-23-8-4-19(5-9-23)21-16-26-25(27-17-21)28-22-6-2-18(3-7-22)10-13-29-14-11-20(12-15-29)24(30)31;/h2-9,16-17,20H,10-15H2,1H3,(H,30,31)(H,26,27,28);1H. The lowest BCUT2D eigenvalue weighted by atomic mass is 9.97. The highest BCUT2D eigenvalue weighted by molar-refractivity contribution is 5.85. The van der Waals surface area contributed by atoms with Crippen LogP contribution in [-0.4, -0.2) is 52.7 Å². The number of aromatic nitrogens is 2. The first-order valence-electron chi connectivity index (χ1n) is 10.9. The lowest BCUT2D eigenvalue weighted by Crippen LogP contribution is -2.37. The van der Waals surface area contributed by atoms with E-state index in [1.54, 1.807) is 19.5 Å². The summed E-state index contributed by atoms with van der Waals surface area (Å²) in [4.78, 5) is 22.3. The zero-order valence-electron chi connectivity index (χ0n) is 18.6. The van der Waals surface area contributed by atoms with Crippen molar-refractivity contribution in [3.63, 3.8) is 0 Å². The number of ether oxygens (including phenoxy) is 1. The predicted octanol–water partition coefficient (Wildman–Crippen LogP) is 4.66. The number of methoxy groups -OCH3 is 1. The van der Waals surface area contributed by atoms with E-state index in [2.05, 4.69) is 32.3 Å². The molecule has 0 saturated carbocycles. The molecular weight excluding hydrogens is 440 g/mol. The molecule has 4 rings (SSSR count). The highest BCUT2D eigenvalue weighted by Gasteiger charge is 2.23. The van der Waals surface area contributed by atoms with E-state index in [0.717, 1.165) is 61.5 Å². The number of benzene rings is 2. The molecule has 33 heavy (non-hydrogen) atoms. The molecule has 0 atom stereocenters. The summed E-state index contributed by atoms with van der Waals surface area (Å²) in [6.07, 6.45) is 6.05. The second-order valence-electron chi connectivity index (χ2n) is 8.05. The van der Waals surface area contributed by atoms with Crippen LogP contribution in [-0.2, 0) is 11.2 Å². The van der Waals surface area contributed by atoms with Crippen LogP contribution in [0.15, 0.2) is 60.9 Å². The van der Waals surface area contributed by atoms with E-state index in [1.165, 1.54) is 5.56 Å². The van der Waals surface area contributed by atoms with Gasteiger partial charge in [-0.1, -0.05) is 24.3 Å². The molecule has 0 unspecified atom stereocenters. The molecule has 7 nitrogen and oxygen atoms in total. The van der Waals surface area contributed by atoms with Crippen molar-refractivity contribution >= 4 is 30.0 Å². The fourth-order valence-electron chi connectivity index (χ4n) is 3.90. The molecule has 3 aromatic rings. The fraction of sp³-hybridized carbons (Fsp3) is 0.320. The topological polar surface area (TPSA) is 87.6 Å². The Morgan fingerprint density at radius 2 is 1.67 bits per heavy atom. The van der Waals surface area contributed by atoms with Crippen LogP contribution in [0.3, 0.4) is 0 Å². The number of anilines is 2. The molecule has 0 aliphatic carbocycles. The number of carbonyl (C=O) groups is 1. The maximum atomic E-state index is 11.1. The maximum absolute atomic E-state index is 11.1. The molecule has 0 amide bonds. The van der Waals surface area contributed by atoms with E-state index in [9.17, 15) is 4.79 Å². The van der Waals surface area contributed by atoms with Crippen molar-refractivity contribution < 1.29 is 14.6 Å². The van der Waals surface area contributed by atoms with E-state index in [1.807, 2.05) is 36.4 Å². The van der Waals surface area contributed by atoms with Crippen molar-refractivity contribution in [2.24, 2.45) is 5.92 Å². The van der Waals surface area contributed by atoms with E-state index in [-0.39, 0.29) is 18.3 Å². The van der Waals surface area contributed by atoms with Crippen molar-refractivity contribution in [2.75, 3.05) is 32.1 Å². The van der Waals surface area contributed by atoms with E-state index in [4.69, 9.17) is 9.84 Å². The van der Waals surface area contributed by atoms with Crippen molar-refractivity contribution in [2.45, 2.75) is 19.3 Å². The highest BCUT2D eigenvalue weighted by Crippen LogP contribution is 2.22. The quantitative estimate of drug-likeness (QED) is 0.497. The van der Waals surface area contributed by atoms with Gasteiger partial charge in [-0.2, -0.15) is 0 Å². The van der Waals surface area contributed by atoms with E-state index in [0.29, 0.717) is 5.95 Å². The third kappa shape index (κ3) is 6.66. The lowest BCUT2D eigenvalue weighted by molar-refractivity contribution is -0.143. The number of nitrogens with one attached hydrogen (secondary N) is 1. The number of hydrogen-bond acceptors (Lipinski definition) is 6. The highest BCUT2D eigenvalue weighted by atomic mass is 35.5. The van der Waals surface area contributed by atoms with E-state index >= 15 is 0 Å². The van der Waals surface area contributed by atoms with Crippen molar-refractivity contribution in [1.82, 2.24) is 14.9 Å². The van der Waals surface area contributed by atoms with Crippen LogP contribution < -0.4 is 10.1 Å². The molecule has 1 aromatic heterocycles. The van der Waals surface area contributed by atoms with Gasteiger partial charge in [0.25, 0.3) is 0 Å². The second-order valence-corrected chi connectivity index (χ2v) is 8.05. The monoisotopic (exact) mass is 468 g/mol. The lowest BCUT2D eigenvalue weighted by Gasteiger charge is -2.29. The Morgan fingerprint density at radius 1 is 1.03 bits per heavy atom. The average Bonchev–Trinajstić information content (AvgIpc) is 2.84. The normalized spacial score (nSPS) is 14.3. The van der Waals surface area contributed by atoms with Crippen molar-refractivity contribution in [1.29, 1.82) is 0 Å². The molecule has 1 saturated heterocycles. The fourth-order valence-corrected chi connectivity index (χ4v) is 3.90. The van der Waals surface area contributed by atoms with Gasteiger partial charge in [0.1, 0.15) is 5.75 Å². The average molecular weight is 469 g/mol. The number of hydrogen-bond donors (Lipinski definition) is 2. The maximum Gasteiger partial charge on any atom is 0.306 e. The summed E-state index contributed by atoms with van der Waals surface area (Å²) in [5.74, 6) is 0.534. The summed E-state index contributed by atoms with van der Waals surface area (Å²) in [6.45, 7) is 2.68. The van der Waals surface area contributed by atoms with Crippen LogP contribution in [0.2, 0.25) is 0 Å². The first-order chi connectivity index (χ1) is 15.6. The number of piperidine rings is 1. The van der Waals surface area contributed by atoms with E-state index < -0.39 is 5.97 Å². The number of aliphatic carboxylic acids is 1. The van der Waals surface area contributed by atoms with Crippen LogP contribution in [0.1, 0.15) is 18.4 Å². The van der Waals surface area contributed by atoms with Gasteiger partial charge >= 0.3 is 5.97 Å². The molecule has 8 heteroatoms. The SMILES string of the molecule is COc1ccc(-c2cnc(Nc3ccc(CCN4CCC(C(=O)O)CC4)cc3)nc2)cc1.Cl. The molecule has 1 fully saturated rings. The van der Waals surface area contributed by atoms with Gasteiger partial charge in [0.15, 0.2) is 0 Å². The van der Waals surface area contributed by atoms with Crippen LogP contribution >= 0.6 is 12.4 Å². The predicted molar refractivity (Wildman–Crippen MR) is 131 cm³/mol. The van der Waals surface area contributed by atoms with Gasteiger partial charge in [-0.15, -0.1) is 12.4 Å². The Balaban J connectivity index is 0.00000306. The van der Waals surface area contributed by atoms with Gasteiger partial charge < -0.3 is 20.1 Å². The summed E-state index contributed by atoms with van der Waals surface area (Å²) < 4.78 is 5.19. The first kappa shape index (κ1) is 24.5. The minimum Gasteiger partial charge on any atom is -0.497 e. The van der Waals surface area contributed by atoms with Gasteiger partial charge in [0.2, 0.25) is 5.95 Å². The Labute approximate surface area is 200 Å². The zero-order valence-corrected chi connectivity index (χ0v) is 19.4. The summed E-state index contributed by atoms with van der Waals surface area (Å²) in [7, 11) is 1.65. The van der Waals surface area contributed by atoms with Gasteiger partial charge in [-0.25, -0.2) is 9.97 Å². The second kappa shape index (κ2) is 11.6. The molecule has 2 aromatic carbocycles. The summed E-state index contributed by atoms with van der Waals surface area (Å²) in [5.41, 5.74) is 4.18. The molecule has 2 N–H and O–H groups in total.